The first-order valence-corrected chi connectivity index (χ1v) is 10.8. The van der Waals surface area contributed by atoms with E-state index in [-0.39, 0.29) is 23.6 Å². The fourth-order valence-corrected chi connectivity index (χ4v) is 4.23. The highest BCUT2D eigenvalue weighted by atomic mass is 16.4. The van der Waals surface area contributed by atoms with Crippen molar-refractivity contribution in [2.24, 2.45) is 0 Å². The van der Waals surface area contributed by atoms with E-state index >= 15 is 0 Å². The van der Waals surface area contributed by atoms with Gasteiger partial charge in [0, 0.05) is 46.9 Å². The van der Waals surface area contributed by atoms with Gasteiger partial charge in [0.15, 0.2) is 11.5 Å². The van der Waals surface area contributed by atoms with Gasteiger partial charge in [-0.25, -0.2) is 9.59 Å². The quantitative estimate of drug-likeness (QED) is 0.214. The molecular weight excluding hydrogens is 440 g/mol. The topological polar surface area (TPSA) is 163 Å². The molecule has 3 atom stereocenters. The Bertz CT molecular complexity index is 1190. The van der Waals surface area contributed by atoms with E-state index in [0.29, 0.717) is 36.1 Å². The van der Waals surface area contributed by atoms with Crippen molar-refractivity contribution < 1.29 is 35.1 Å². The molecule has 4 rings (SSSR count). The molecule has 9 nitrogen and oxygen atoms in total. The first-order valence-electron chi connectivity index (χ1n) is 10.8. The van der Waals surface area contributed by atoms with Gasteiger partial charge in [-0.15, -0.1) is 0 Å². The van der Waals surface area contributed by atoms with Crippen LogP contribution in [0.5, 0.6) is 11.5 Å². The lowest BCUT2D eigenvalue weighted by atomic mass is 9.84. The number of hydrogen-bond donors (Lipinski definition) is 7. The second kappa shape index (κ2) is 10.9. The van der Waals surface area contributed by atoms with Crippen molar-refractivity contribution in [1.82, 2.24) is 10.3 Å². The van der Waals surface area contributed by atoms with Crippen LogP contribution in [0.1, 0.15) is 36.1 Å². The Kier molecular flexibility index (Phi) is 7.93. The number of aromatic nitrogens is 1. The Morgan fingerprint density at radius 2 is 1.79 bits per heavy atom. The van der Waals surface area contributed by atoms with Crippen LogP contribution in [0.2, 0.25) is 0 Å². The zero-order valence-corrected chi connectivity index (χ0v) is 18.6. The third-order valence-corrected chi connectivity index (χ3v) is 5.77. The van der Waals surface area contributed by atoms with Crippen LogP contribution in [0.4, 0.5) is 0 Å². The maximum absolute atomic E-state index is 10.7. The van der Waals surface area contributed by atoms with Crippen LogP contribution in [-0.2, 0) is 22.4 Å². The number of hydrogen-bond acceptors (Lipinski definition) is 6. The summed E-state index contributed by atoms with van der Waals surface area (Å²) in [4.78, 5) is 22.4. The molecule has 34 heavy (non-hydrogen) atoms. The van der Waals surface area contributed by atoms with Gasteiger partial charge < -0.3 is 35.8 Å². The van der Waals surface area contributed by atoms with Crippen LogP contribution >= 0.6 is 0 Å². The number of aliphatic hydroxyl groups excluding tert-OH is 1. The van der Waals surface area contributed by atoms with Crippen molar-refractivity contribution in [3.63, 3.8) is 0 Å². The van der Waals surface area contributed by atoms with Crippen LogP contribution in [0.25, 0.3) is 10.9 Å². The Morgan fingerprint density at radius 3 is 2.47 bits per heavy atom. The van der Waals surface area contributed by atoms with Crippen LogP contribution in [-0.4, -0.2) is 54.5 Å². The number of carboxylic acid groups (broad SMARTS) is 2. The van der Waals surface area contributed by atoms with Crippen molar-refractivity contribution in [3.05, 3.63) is 71.4 Å². The monoisotopic (exact) mass is 468 g/mol. The molecule has 3 aromatic rings. The van der Waals surface area contributed by atoms with Gasteiger partial charge >= 0.3 is 11.9 Å². The lowest BCUT2D eigenvalue weighted by Gasteiger charge is -2.33. The fourth-order valence-electron chi connectivity index (χ4n) is 4.23. The molecule has 0 spiro atoms. The van der Waals surface area contributed by atoms with Crippen molar-refractivity contribution in [1.29, 1.82) is 0 Å². The summed E-state index contributed by atoms with van der Waals surface area (Å²) >= 11 is 0. The minimum atomic E-state index is -1.26. The number of nitrogens with one attached hydrogen (secondary N) is 2. The first-order chi connectivity index (χ1) is 16.2. The number of H-pyrrole nitrogens is 1. The van der Waals surface area contributed by atoms with Gasteiger partial charge in [-0.2, -0.15) is 0 Å². The van der Waals surface area contributed by atoms with Crippen molar-refractivity contribution in [2.75, 3.05) is 0 Å². The van der Waals surface area contributed by atoms with Crippen molar-refractivity contribution in [3.8, 4) is 11.5 Å². The zero-order chi connectivity index (χ0) is 24.8. The fraction of sp³-hybridized carbons (Fsp3) is 0.280. The standard InChI is InChI=1S/C21H24N2O3.C4H4O4/c1-12(10-13-11-22-17-5-3-2-4-14(13)17)23-18-8-6-16-15(20(18)25)7-9-19(24)21(16)26;5-3(6)1-2-4(7)8/h2-5,7,9,11-12,18,20,22-26H,6,8,10H2,1H3;1-2H,(H,5,6)(H,7,8)/b;2-1+/t12?,18-,20-;/m1./s1. The highest BCUT2D eigenvalue weighted by Gasteiger charge is 2.31. The third-order valence-electron chi connectivity index (χ3n) is 5.77. The maximum atomic E-state index is 10.7. The van der Waals surface area contributed by atoms with Gasteiger partial charge in [-0.1, -0.05) is 24.3 Å². The predicted octanol–water partition coefficient (Wildman–Crippen LogP) is 2.86. The molecule has 0 aliphatic heterocycles. The molecule has 1 aliphatic rings. The minimum Gasteiger partial charge on any atom is -0.504 e. The average molecular weight is 469 g/mol. The van der Waals surface area contributed by atoms with Gasteiger partial charge in [0.25, 0.3) is 0 Å². The summed E-state index contributed by atoms with van der Waals surface area (Å²) in [7, 11) is 0. The molecule has 0 saturated heterocycles. The van der Waals surface area contributed by atoms with Gasteiger partial charge in [-0.3, -0.25) is 0 Å². The van der Waals surface area contributed by atoms with Crippen LogP contribution in [0.3, 0.4) is 0 Å². The summed E-state index contributed by atoms with van der Waals surface area (Å²) in [6.07, 6.45) is 4.67. The second-order valence-corrected chi connectivity index (χ2v) is 8.23. The summed E-state index contributed by atoms with van der Waals surface area (Å²) in [5.41, 5.74) is 3.74. The molecule has 180 valence electrons. The molecule has 0 saturated carbocycles. The highest BCUT2D eigenvalue weighted by molar-refractivity contribution is 5.89. The predicted molar refractivity (Wildman–Crippen MR) is 126 cm³/mol. The van der Waals surface area contributed by atoms with Gasteiger partial charge in [0.2, 0.25) is 0 Å². The molecule has 0 radical (unpaired) electrons. The molecule has 0 fully saturated rings. The normalized spacial score (nSPS) is 18.2. The SMILES string of the molecule is CC(Cc1c[nH]c2ccccc12)N[C@@H]1CCc2c(ccc(O)c2O)[C@H]1O.O=C(O)/C=C/C(=O)O. The number of aromatic amines is 1. The summed E-state index contributed by atoms with van der Waals surface area (Å²) in [6.45, 7) is 2.12. The van der Waals surface area contributed by atoms with Gasteiger partial charge in [0.05, 0.1) is 6.10 Å². The van der Waals surface area contributed by atoms with E-state index in [2.05, 4.69) is 35.6 Å². The Hall–Kier alpha value is -3.82. The van der Waals surface area contributed by atoms with E-state index in [9.17, 15) is 24.9 Å². The summed E-state index contributed by atoms with van der Waals surface area (Å²) < 4.78 is 0. The Morgan fingerprint density at radius 1 is 1.12 bits per heavy atom. The van der Waals surface area contributed by atoms with E-state index in [4.69, 9.17) is 10.2 Å². The largest absolute Gasteiger partial charge is 0.504 e. The molecule has 1 aromatic heterocycles. The Labute approximate surface area is 196 Å². The average Bonchev–Trinajstić information content (AvgIpc) is 3.20. The lowest BCUT2D eigenvalue weighted by Crippen LogP contribution is -2.43. The number of aliphatic carboxylic acids is 2. The number of aliphatic hydroxyl groups is 1. The number of aromatic hydroxyl groups is 2. The number of rotatable bonds is 6. The van der Waals surface area contributed by atoms with E-state index in [1.807, 2.05) is 12.1 Å². The summed E-state index contributed by atoms with van der Waals surface area (Å²) in [5, 5.41) is 50.8. The van der Waals surface area contributed by atoms with E-state index < -0.39 is 18.0 Å². The van der Waals surface area contributed by atoms with E-state index in [1.165, 1.54) is 17.0 Å². The third kappa shape index (κ3) is 5.94. The van der Waals surface area contributed by atoms with Gasteiger partial charge in [-0.05, 0) is 49.4 Å². The molecule has 7 N–H and O–H groups in total. The van der Waals surface area contributed by atoms with Gasteiger partial charge in [0.1, 0.15) is 0 Å². The van der Waals surface area contributed by atoms with Crippen LogP contribution in [0, 0.1) is 0 Å². The lowest BCUT2D eigenvalue weighted by molar-refractivity contribution is -0.134. The number of para-hydroxylation sites is 1. The first kappa shape index (κ1) is 24.8. The molecule has 9 heteroatoms. The van der Waals surface area contributed by atoms with Crippen LogP contribution < -0.4 is 5.32 Å². The summed E-state index contributed by atoms with van der Waals surface area (Å²) in [5.74, 6) is -2.75. The number of fused-ring (bicyclic) bond motifs is 2. The van der Waals surface area contributed by atoms with Crippen LogP contribution in [0.15, 0.2) is 54.7 Å². The molecule has 0 bridgehead atoms. The van der Waals surface area contributed by atoms with Crippen molar-refractivity contribution >= 4 is 22.8 Å². The number of carbonyl (C=O) groups is 2. The zero-order valence-electron chi connectivity index (χ0n) is 18.6. The second-order valence-electron chi connectivity index (χ2n) is 8.23. The van der Waals surface area contributed by atoms with Crippen molar-refractivity contribution in [2.45, 2.75) is 44.4 Å². The number of phenolic OH excluding ortho intramolecular Hbond substituents is 2. The molecule has 2 aromatic carbocycles. The van der Waals surface area contributed by atoms with E-state index in [0.717, 1.165) is 11.9 Å². The summed E-state index contributed by atoms with van der Waals surface area (Å²) in [6, 6.07) is 11.5. The van der Waals surface area contributed by atoms with E-state index in [1.54, 1.807) is 6.07 Å². The maximum Gasteiger partial charge on any atom is 0.328 e. The molecule has 1 unspecified atom stereocenters. The Balaban J connectivity index is 0.000000350. The highest BCUT2D eigenvalue weighted by Crippen LogP contribution is 2.39. The molecule has 1 heterocycles. The molecular formula is C25H28N2O7. The molecule has 0 amide bonds. The number of benzene rings is 2. The number of carboxylic acids is 2. The number of phenols is 2. The molecule has 1 aliphatic carbocycles. The minimum absolute atomic E-state index is 0.0772. The smallest absolute Gasteiger partial charge is 0.328 e.